The molecule has 0 radical (unpaired) electrons. The molecule has 0 aromatic carbocycles. The first kappa shape index (κ1) is 10.5. The van der Waals surface area contributed by atoms with E-state index in [9.17, 15) is 10.1 Å². The molecule has 0 unspecified atom stereocenters. The topological polar surface area (TPSA) is 56.3 Å². The van der Waals surface area contributed by atoms with Crippen LogP contribution in [-0.4, -0.2) is 4.92 Å². The minimum atomic E-state index is -0.368. The van der Waals surface area contributed by atoms with E-state index in [1.807, 2.05) is 6.92 Å². The van der Waals surface area contributed by atoms with Gasteiger partial charge < -0.3 is 4.42 Å². The van der Waals surface area contributed by atoms with Crippen molar-refractivity contribution in [1.29, 1.82) is 0 Å². The summed E-state index contributed by atoms with van der Waals surface area (Å²) in [5.41, 5.74) is 1.08. The van der Waals surface area contributed by atoms with Gasteiger partial charge in [-0.3, -0.25) is 10.1 Å². The molecule has 0 saturated heterocycles. The van der Waals surface area contributed by atoms with Crippen LogP contribution in [0.25, 0.3) is 6.08 Å². The molecule has 0 bridgehead atoms. The quantitative estimate of drug-likeness (QED) is 0.550. The Balaban J connectivity index is 3.06. The zero-order valence-corrected chi connectivity index (χ0v) is 8.48. The smallest absolute Gasteiger partial charge is 0.252 e. The maximum atomic E-state index is 10.7. The van der Waals surface area contributed by atoms with Crippen molar-refractivity contribution in [2.75, 3.05) is 0 Å². The molecule has 0 saturated carbocycles. The highest BCUT2D eigenvalue weighted by molar-refractivity contribution is 5.49. The van der Waals surface area contributed by atoms with Crippen molar-refractivity contribution in [2.45, 2.75) is 20.8 Å². The van der Waals surface area contributed by atoms with Crippen LogP contribution in [0.15, 0.2) is 22.4 Å². The van der Waals surface area contributed by atoms with Gasteiger partial charge in [0.2, 0.25) is 0 Å². The van der Waals surface area contributed by atoms with Gasteiger partial charge in [-0.05, 0) is 18.6 Å². The van der Waals surface area contributed by atoms with Crippen LogP contribution >= 0.6 is 0 Å². The summed E-state index contributed by atoms with van der Waals surface area (Å²) in [5, 5.41) is 10.7. The van der Waals surface area contributed by atoms with Crippen LogP contribution in [0.4, 0.5) is 0 Å². The highest BCUT2D eigenvalue weighted by Gasteiger charge is 2.16. The molecule has 4 heteroatoms. The van der Waals surface area contributed by atoms with Crippen molar-refractivity contribution in [3.05, 3.63) is 39.5 Å². The molecule has 14 heavy (non-hydrogen) atoms. The van der Waals surface area contributed by atoms with Crippen LogP contribution in [-0.2, 0) is 0 Å². The minimum absolute atomic E-state index is 0.116. The van der Waals surface area contributed by atoms with E-state index in [-0.39, 0.29) is 16.5 Å². The average Bonchev–Trinajstić information content (AvgIpc) is 2.46. The van der Waals surface area contributed by atoms with Gasteiger partial charge in [-0.2, -0.15) is 0 Å². The molecule has 0 aliphatic carbocycles. The van der Waals surface area contributed by atoms with Gasteiger partial charge >= 0.3 is 0 Å². The number of aryl methyl sites for hydroxylation is 1. The van der Waals surface area contributed by atoms with Crippen molar-refractivity contribution in [3.8, 4) is 0 Å². The monoisotopic (exact) mass is 195 g/mol. The third-order valence-corrected chi connectivity index (χ3v) is 1.98. The van der Waals surface area contributed by atoms with E-state index >= 15 is 0 Å². The Bertz CT molecular complexity index is 363. The Labute approximate surface area is 82.4 Å². The molecular weight excluding hydrogens is 182 g/mol. The Kier molecular flexibility index (Phi) is 3.06. The lowest BCUT2D eigenvalue weighted by Gasteiger charge is -2.00. The Morgan fingerprint density at radius 1 is 1.64 bits per heavy atom. The summed E-state index contributed by atoms with van der Waals surface area (Å²) in [7, 11) is 0. The second-order valence-electron chi connectivity index (χ2n) is 3.45. The third-order valence-electron chi connectivity index (χ3n) is 1.98. The first-order valence-electron chi connectivity index (χ1n) is 4.42. The Morgan fingerprint density at radius 2 is 2.29 bits per heavy atom. The summed E-state index contributed by atoms with van der Waals surface area (Å²) in [6.07, 6.45) is 3.01. The lowest BCUT2D eigenvalue weighted by molar-refractivity contribution is -0.431. The second-order valence-corrected chi connectivity index (χ2v) is 3.45. The average molecular weight is 195 g/mol. The predicted octanol–water partition coefficient (Wildman–Crippen LogP) is 2.86. The standard InChI is InChI=1S/C10H13NO3/c1-7(2)9(11(12)13)6-10-8(3)4-5-14-10/h4-7H,1-3H3/b9-6-. The van der Waals surface area contributed by atoms with Gasteiger partial charge in [-0.25, -0.2) is 0 Å². The van der Waals surface area contributed by atoms with Crippen molar-refractivity contribution in [3.63, 3.8) is 0 Å². The number of rotatable bonds is 3. The molecule has 0 spiro atoms. The van der Waals surface area contributed by atoms with E-state index in [1.165, 1.54) is 12.3 Å². The van der Waals surface area contributed by atoms with Crippen LogP contribution in [0.2, 0.25) is 0 Å². The maximum Gasteiger partial charge on any atom is 0.252 e. The van der Waals surface area contributed by atoms with Gasteiger partial charge in [-0.1, -0.05) is 13.8 Å². The minimum Gasteiger partial charge on any atom is -0.464 e. The zero-order valence-electron chi connectivity index (χ0n) is 8.48. The van der Waals surface area contributed by atoms with Crippen LogP contribution in [0.1, 0.15) is 25.2 Å². The van der Waals surface area contributed by atoms with Crippen LogP contribution in [0.5, 0.6) is 0 Å². The van der Waals surface area contributed by atoms with E-state index in [2.05, 4.69) is 0 Å². The van der Waals surface area contributed by atoms with Crippen LogP contribution in [0, 0.1) is 23.0 Å². The number of allylic oxidation sites excluding steroid dienone is 1. The summed E-state index contributed by atoms with van der Waals surface area (Å²) in [6.45, 7) is 5.42. The fraction of sp³-hybridized carbons (Fsp3) is 0.400. The van der Waals surface area contributed by atoms with E-state index in [0.717, 1.165) is 5.56 Å². The maximum absolute atomic E-state index is 10.7. The molecule has 0 atom stereocenters. The van der Waals surface area contributed by atoms with E-state index in [0.29, 0.717) is 5.76 Å². The van der Waals surface area contributed by atoms with Crippen molar-refractivity contribution in [2.24, 2.45) is 5.92 Å². The van der Waals surface area contributed by atoms with Crippen molar-refractivity contribution in [1.82, 2.24) is 0 Å². The van der Waals surface area contributed by atoms with Crippen molar-refractivity contribution >= 4 is 6.08 Å². The fourth-order valence-corrected chi connectivity index (χ4v) is 1.10. The lowest BCUT2D eigenvalue weighted by Crippen LogP contribution is -2.05. The molecule has 0 aliphatic heterocycles. The molecule has 76 valence electrons. The van der Waals surface area contributed by atoms with Gasteiger partial charge in [0.1, 0.15) is 5.76 Å². The van der Waals surface area contributed by atoms with Gasteiger partial charge in [0.15, 0.2) is 0 Å². The largest absolute Gasteiger partial charge is 0.464 e. The first-order chi connectivity index (χ1) is 6.52. The molecule has 1 rings (SSSR count). The Morgan fingerprint density at radius 3 is 2.64 bits per heavy atom. The molecule has 0 aliphatic rings. The molecule has 1 heterocycles. The normalized spacial score (nSPS) is 12.1. The van der Waals surface area contributed by atoms with Gasteiger partial charge in [0.05, 0.1) is 17.3 Å². The number of nitro groups is 1. The number of furan rings is 1. The lowest BCUT2D eigenvalue weighted by atomic mass is 10.1. The summed E-state index contributed by atoms with van der Waals surface area (Å²) in [4.78, 5) is 10.3. The second kappa shape index (κ2) is 4.09. The van der Waals surface area contributed by atoms with E-state index < -0.39 is 0 Å². The first-order valence-corrected chi connectivity index (χ1v) is 4.42. The molecule has 0 fully saturated rings. The number of hydrogen-bond acceptors (Lipinski definition) is 3. The molecule has 1 aromatic rings. The third kappa shape index (κ3) is 2.22. The van der Waals surface area contributed by atoms with E-state index in [4.69, 9.17) is 4.42 Å². The zero-order chi connectivity index (χ0) is 10.7. The van der Waals surface area contributed by atoms with Gasteiger partial charge in [0, 0.05) is 5.92 Å². The fourth-order valence-electron chi connectivity index (χ4n) is 1.10. The molecule has 0 N–H and O–H groups in total. The SMILES string of the molecule is Cc1ccoc1/C=C(/C(C)C)[N+](=O)[O-]. The predicted molar refractivity (Wildman–Crippen MR) is 53.3 cm³/mol. The Hall–Kier alpha value is -1.58. The van der Waals surface area contributed by atoms with Crippen LogP contribution < -0.4 is 0 Å². The number of hydrogen-bond donors (Lipinski definition) is 0. The summed E-state index contributed by atoms with van der Waals surface area (Å²) < 4.78 is 5.11. The molecule has 0 amide bonds. The highest BCUT2D eigenvalue weighted by Crippen LogP contribution is 2.18. The van der Waals surface area contributed by atoms with E-state index in [1.54, 1.807) is 19.9 Å². The van der Waals surface area contributed by atoms with Crippen LogP contribution in [0.3, 0.4) is 0 Å². The molecule has 1 aromatic heterocycles. The summed E-state index contributed by atoms with van der Waals surface area (Å²) >= 11 is 0. The summed E-state index contributed by atoms with van der Waals surface area (Å²) in [6, 6.07) is 1.78. The molecular formula is C10H13NO3. The van der Waals surface area contributed by atoms with Crippen molar-refractivity contribution < 1.29 is 9.34 Å². The number of nitrogens with zero attached hydrogens (tertiary/aromatic N) is 1. The van der Waals surface area contributed by atoms with Gasteiger partial charge in [-0.15, -0.1) is 0 Å². The summed E-state index contributed by atoms with van der Waals surface area (Å²) in [5.74, 6) is 0.444. The van der Waals surface area contributed by atoms with Gasteiger partial charge in [0.25, 0.3) is 5.70 Å². The molecule has 4 nitrogen and oxygen atoms in total. The highest BCUT2D eigenvalue weighted by atomic mass is 16.6.